The minimum absolute atomic E-state index is 0.292. The SMILES string of the molecule is Fc1ccc(CBr)nc1. The summed E-state index contributed by atoms with van der Waals surface area (Å²) in [5.41, 5.74) is 0.844. The van der Waals surface area contributed by atoms with Gasteiger partial charge in [-0.25, -0.2) is 4.39 Å². The number of aromatic nitrogens is 1. The van der Waals surface area contributed by atoms with Crippen LogP contribution in [-0.4, -0.2) is 4.98 Å². The van der Waals surface area contributed by atoms with Gasteiger partial charge in [-0.05, 0) is 12.1 Å². The summed E-state index contributed by atoms with van der Waals surface area (Å²) in [6, 6.07) is 3.04. The van der Waals surface area contributed by atoms with Gasteiger partial charge in [0.25, 0.3) is 0 Å². The lowest BCUT2D eigenvalue weighted by Crippen LogP contribution is -1.83. The molecule has 0 fully saturated rings. The summed E-state index contributed by atoms with van der Waals surface area (Å²) in [6.07, 6.45) is 1.20. The molecular formula is C6H5BrFN. The normalized spacial score (nSPS) is 9.56. The van der Waals surface area contributed by atoms with Crippen molar-refractivity contribution in [2.45, 2.75) is 5.33 Å². The molecule has 1 aromatic heterocycles. The second-order valence-corrected chi connectivity index (χ2v) is 2.16. The summed E-state index contributed by atoms with van der Waals surface area (Å²) in [7, 11) is 0. The highest BCUT2D eigenvalue weighted by atomic mass is 79.9. The van der Waals surface area contributed by atoms with E-state index >= 15 is 0 Å². The molecular weight excluding hydrogens is 185 g/mol. The molecule has 0 aromatic carbocycles. The Labute approximate surface area is 61.0 Å². The molecule has 48 valence electrons. The molecule has 1 aromatic rings. The van der Waals surface area contributed by atoms with Gasteiger partial charge in [0, 0.05) is 5.33 Å². The van der Waals surface area contributed by atoms with Gasteiger partial charge >= 0.3 is 0 Å². The molecule has 0 unspecified atom stereocenters. The Hall–Kier alpha value is -0.440. The van der Waals surface area contributed by atoms with Crippen LogP contribution < -0.4 is 0 Å². The van der Waals surface area contributed by atoms with Gasteiger partial charge in [0.15, 0.2) is 0 Å². The topological polar surface area (TPSA) is 12.9 Å². The highest BCUT2D eigenvalue weighted by Crippen LogP contribution is 2.01. The van der Waals surface area contributed by atoms with E-state index in [1.54, 1.807) is 6.07 Å². The quantitative estimate of drug-likeness (QED) is 0.618. The van der Waals surface area contributed by atoms with Crippen molar-refractivity contribution in [2.75, 3.05) is 0 Å². The van der Waals surface area contributed by atoms with E-state index in [1.807, 2.05) is 0 Å². The summed E-state index contributed by atoms with van der Waals surface area (Å²) >= 11 is 3.20. The highest BCUT2D eigenvalue weighted by molar-refractivity contribution is 9.08. The molecule has 0 aliphatic carbocycles. The van der Waals surface area contributed by atoms with Crippen LogP contribution in [0.2, 0.25) is 0 Å². The zero-order valence-electron chi connectivity index (χ0n) is 4.64. The summed E-state index contributed by atoms with van der Waals surface area (Å²) in [4.78, 5) is 3.77. The molecule has 9 heavy (non-hydrogen) atoms. The van der Waals surface area contributed by atoms with E-state index < -0.39 is 0 Å². The van der Waals surface area contributed by atoms with Crippen molar-refractivity contribution in [3.8, 4) is 0 Å². The number of rotatable bonds is 1. The monoisotopic (exact) mass is 189 g/mol. The van der Waals surface area contributed by atoms with Crippen LogP contribution in [0.4, 0.5) is 4.39 Å². The third-order valence-electron chi connectivity index (χ3n) is 0.926. The van der Waals surface area contributed by atoms with Crippen molar-refractivity contribution < 1.29 is 4.39 Å². The largest absolute Gasteiger partial charge is 0.257 e. The zero-order valence-corrected chi connectivity index (χ0v) is 6.23. The first-order valence-electron chi connectivity index (χ1n) is 2.49. The predicted molar refractivity (Wildman–Crippen MR) is 36.8 cm³/mol. The minimum Gasteiger partial charge on any atom is -0.257 e. The van der Waals surface area contributed by atoms with E-state index in [2.05, 4.69) is 20.9 Å². The van der Waals surface area contributed by atoms with Crippen molar-refractivity contribution in [3.63, 3.8) is 0 Å². The molecule has 0 aliphatic heterocycles. The van der Waals surface area contributed by atoms with Gasteiger partial charge in [-0.1, -0.05) is 15.9 Å². The lowest BCUT2D eigenvalue weighted by molar-refractivity contribution is 0.620. The molecule has 0 amide bonds. The molecule has 0 N–H and O–H groups in total. The summed E-state index contributed by atoms with van der Waals surface area (Å²) in [5, 5.41) is 0.674. The molecule has 3 heteroatoms. The number of alkyl halides is 1. The molecule has 0 bridgehead atoms. The van der Waals surface area contributed by atoms with Crippen LogP contribution in [0.3, 0.4) is 0 Å². The summed E-state index contributed by atoms with van der Waals surface area (Å²) < 4.78 is 12.1. The average Bonchev–Trinajstić information content (AvgIpc) is 1.90. The fourth-order valence-corrected chi connectivity index (χ4v) is 0.817. The second kappa shape index (κ2) is 2.92. The molecule has 0 radical (unpaired) electrons. The van der Waals surface area contributed by atoms with Crippen LogP contribution >= 0.6 is 15.9 Å². The number of hydrogen-bond donors (Lipinski definition) is 0. The Bertz CT molecular complexity index is 185. The molecule has 0 aliphatic rings. The number of nitrogens with zero attached hydrogens (tertiary/aromatic N) is 1. The van der Waals surface area contributed by atoms with E-state index in [1.165, 1.54) is 12.3 Å². The van der Waals surface area contributed by atoms with Crippen LogP contribution in [-0.2, 0) is 5.33 Å². The Morgan fingerprint density at radius 1 is 1.56 bits per heavy atom. The smallest absolute Gasteiger partial charge is 0.141 e. The zero-order chi connectivity index (χ0) is 6.69. The molecule has 1 nitrogen and oxygen atoms in total. The molecule has 0 saturated carbocycles. The van der Waals surface area contributed by atoms with Crippen molar-refractivity contribution in [1.29, 1.82) is 0 Å². The summed E-state index contributed by atoms with van der Waals surface area (Å²) in [5.74, 6) is -0.292. The Balaban J connectivity index is 2.88. The maximum absolute atomic E-state index is 12.1. The molecule has 0 spiro atoms. The van der Waals surface area contributed by atoms with Crippen molar-refractivity contribution in [1.82, 2.24) is 4.98 Å². The molecule has 0 atom stereocenters. The summed E-state index contributed by atoms with van der Waals surface area (Å²) in [6.45, 7) is 0. The van der Waals surface area contributed by atoms with E-state index in [0.717, 1.165) is 5.69 Å². The van der Waals surface area contributed by atoms with Gasteiger partial charge < -0.3 is 0 Å². The first-order valence-corrected chi connectivity index (χ1v) is 3.61. The molecule has 0 saturated heterocycles. The van der Waals surface area contributed by atoms with Gasteiger partial charge in [0.1, 0.15) is 5.82 Å². The number of pyridine rings is 1. The average molecular weight is 190 g/mol. The third kappa shape index (κ3) is 1.75. The molecule has 1 rings (SSSR count). The van der Waals surface area contributed by atoms with Crippen LogP contribution in [0.5, 0.6) is 0 Å². The van der Waals surface area contributed by atoms with Crippen LogP contribution in [0.25, 0.3) is 0 Å². The highest BCUT2D eigenvalue weighted by Gasteiger charge is 1.90. The predicted octanol–water partition coefficient (Wildman–Crippen LogP) is 2.12. The van der Waals surface area contributed by atoms with Crippen LogP contribution in [0, 0.1) is 5.82 Å². The Morgan fingerprint density at radius 3 is 2.78 bits per heavy atom. The first-order chi connectivity index (χ1) is 4.33. The van der Waals surface area contributed by atoms with Gasteiger partial charge in [-0.2, -0.15) is 0 Å². The third-order valence-corrected chi connectivity index (χ3v) is 1.50. The fourth-order valence-electron chi connectivity index (χ4n) is 0.485. The van der Waals surface area contributed by atoms with Crippen molar-refractivity contribution in [3.05, 3.63) is 29.8 Å². The first kappa shape index (κ1) is 6.68. The van der Waals surface area contributed by atoms with Crippen LogP contribution in [0.15, 0.2) is 18.3 Å². The maximum Gasteiger partial charge on any atom is 0.141 e. The van der Waals surface area contributed by atoms with E-state index in [4.69, 9.17) is 0 Å². The van der Waals surface area contributed by atoms with Crippen molar-refractivity contribution >= 4 is 15.9 Å². The van der Waals surface area contributed by atoms with Gasteiger partial charge in [0.05, 0.1) is 11.9 Å². The molecule has 1 heterocycles. The van der Waals surface area contributed by atoms with E-state index in [9.17, 15) is 4.39 Å². The lowest BCUT2D eigenvalue weighted by Gasteiger charge is -1.90. The van der Waals surface area contributed by atoms with E-state index in [0.29, 0.717) is 5.33 Å². The van der Waals surface area contributed by atoms with E-state index in [-0.39, 0.29) is 5.82 Å². The lowest BCUT2D eigenvalue weighted by atomic mass is 10.4. The Morgan fingerprint density at radius 2 is 2.33 bits per heavy atom. The maximum atomic E-state index is 12.1. The Kier molecular flexibility index (Phi) is 2.16. The van der Waals surface area contributed by atoms with Gasteiger partial charge in [-0.3, -0.25) is 4.98 Å². The van der Waals surface area contributed by atoms with Crippen molar-refractivity contribution in [2.24, 2.45) is 0 Å². The van der Waals surface area contributed by atoms with Crippen LogP contribution in [0.1, 0.15) is 5.69 Å². The van der Waals surface area contributed by atoms with Gasteiger partial charge in [-0.15, -0.1) is 0 Å². The second-order valence-electron chi connectivity index (χ2n) is 1.60. The van der Waals surface area contributed by atoms with Gasteiger partial charge in [0.2, 0.25) is 0 Å². The fraction of sp³-hybridized carbons (Fsp3) is 0.167. The minimum atomic E-state index is -0.292. The number of hydrogen-bond acceptors (Lipinski definition) is 1. The number of halogens is 2. The standard InChI is InChI=1S/C6H5BrFN/c7-3-6-2-1-5(8)4-9-6/h1-2,4H,3H2.